The minimum atomic E-state index is -0.779. The maximum Gasteiger partial charge on any atom is 0.296 e. The highest BCUT2D eigenvalue weighted by molar-refractivity contribution is 6.34. The molecule has 6 heteroatoms. The lowest BCUT2D eigenvalue weighted by Gasteiger charge is -2.15. The molecule has 1 aliphatic heterocycles. The van der Waals surface area contributed by atoms with Crippen LogP contribution < -0.4 is 4.74 Å². The summed E-state index contributed by atoms with van der Waals surface area (Å²) in [5.74, 6) is -1.85. The third-order valence-corrected chi connectivity index (χ3v) is 4.06. The molecule has 5 nitrogen and oxygen atoms in total. The lowest BCUT2D eigenvalue weighted by molar-refractivity contribution is -0.138. The molecule has 0 fully saturated rings. The Hall–Kier alpha value is -3.15. The van der Waals surface area contributed by atoms with Crippen molar-refractivity contribution in [3.05, 3.63) is 70.7 Å². The van der Waals surface area contributed by atoms with Crippen molar-refractivity contribution in [3.63, 3.8) is 0 Å². The minimum absolute atomic E-state index is 0.000584. The molecule has 0 bridgehead atoms. The molecule has 134 valence electrons. The Morgan fingerprint density at radius 3 is 2.23 bits per heavy atom. The monoisotopic (exact) mass is 355 g/mol. The molecule has 2 aromatic rings. The second-order valence-corrected chi connectivity index (χ2v) is 6.16. The van der Waals surface area contributed by atoms with E-state index in [1.165, 1.54) is 24.3 Å². The SMILES string of the molecule is Cc1cc(C)cc(OCCN2C(=O)C(O)=C(c3ccc(F)cc3)C2=O)c1. The Balaban J connectivity index is 1.69. The summed E-state index contributed by atoms with van der Waals surface area (Å²) in [6, 6.07) is 10.8. The Bertz CT molecular complexity index is 882. The topological polar surface area (TPSA) is 66.8 Å². The molecule has 0 unspecified atom stereocenters. The molecule has 0 aromatic heterocycles. The fourth-order valence-electron chi connectivity index (χ4n) is 2.91. The van der Waals surface area contributed by atoms with Crippen LogP contribution in [0.2, 0.25) is 0 Å². The number of carbonyl (C=O) groups excluding carboxylic acids is 2. The van der Waals surface area contributed by atoms with Gasteiger partial charge in [0, 0.05) is 0 Å². The third-order valence-electron chi connectivity index (χ3n) is 4.06. The third kappa shape index (κ3) is 3.44. The summed E-state index contributed by atoms with van der Waals surface area (Å²) >= 11 is 0. The molecular formula is C20H18FNO4. The highest BCUT2D eigenvalue weighted by atomic mass is 19.1. The van der Waals surface area contributed by atoms with Gasteiger partial charge in [-0.25, -0.2) is 4.39 Å². The molecule has 0 radical (unpaired) electrons. The lowest BCUT2D eigenvalue weighted by Crippen LogP contribution is -2.35. The molecule has 0 saturated heterocycles. The molecule has 1 N–H and O–H groups in total. The predicted octanol–water partition coefficient (Wildman–Crippen LogP) is 3.16. The van der Waals surface area contributed by atoms with Crippen molar-refractivity contribution in [1.29, 1.82) is 0 Å². The van der Waals surface area contributed by atoms with Crippen molar-refractivity contribution in [2.75, 3.05) is 13.2 Å². The van der Waals surface area contributed by atoms with Crippen LogP contribution in [0.15, 0.2) is 48.2 Å². The van der Waals surface area contributed by atoms with Gasteiger partial charge in [-0.15, -0.1) is 0 Å². The summed E-state index contributed by atoms with van der Waals surface area (Å²) in [6.07, 6.45) is 0. The molecule has 2 amide bonds. The molecule has 0 saturated carbocycles. The molecule has 0 spiro atoms. The highest BCUT2D eigenvalue weighted by Gasteiger charge is 2.38. The van der Waals surface area contributed by atoms with Gasteiger partial charge in [-0.1, -0.05) is 18.2 Å². The number of aliphatic hydroxyl groups is 1. The van der Waals surface area contributed by atoms with Crippen LogP contribution in [0.4, 0.5) is 4.39 Å². The number of hydrogen-bond acceptors (Lipinski definition) is 4. The van der Waals surface area contributed by atoms with Gasteiger partial charge in [-0.2, -0.15) is 0 Å². The quantitative estimate of drug-likeness (QED) is 0.837. The maximum atomic E-state index is 13.0. The van der Waals surface area contributed by atoms with Gasteiger partial charge < -0.3 is 9.84 Å². The van der Waals surface area contributed by atoms with Gasteiger partial charge in [0.25, 0.3) is 11.8 Å². The first-order valence-electron chi connectivity index (χ1n) is 8.13. The van der Waals surface area contributed by atoms with Gasteiger partial charge in [-0.3, -0.25) is 14.5 Å². The number of aryl methyl sites for hydroxylation is 2. The van der Waals surface area contributed by atoms with E-state index in [9.17, 15) is 19.1 Å². The van der Waals surface area contributed by atoms with Crippen LogP contribution in [-0.4, -0.2) is 35.0 Å². The number of rotatable bonds is 5. The van der Waals surface area contributed by atoms with Crippen LogP contribution in [0, 0.1) is 19.7 Å². The molecule has 3 rings (SSSR count). The van der Waals surface area contributed by atoms with Gasteiger partial charge in [0.15, 0.2) is 5.76 Å². The lowest BCUT2D eigenvalue weighted by atomic mass is 10.1. The van der Waals surface area contributed by atoms with Crippen LogP contribution in [0.5, 0.6) is 5.75 Å². The number of halogens is 1. The average Bonchev–Trinajstić information content (AvgIpc) is 2.78. The van der Waals surface area contributed by atoms with Crippen LogP contribution in [0.25, 0.3) is 5.57 Å². The Morgan fingerprint density at radius 1 is 1.00 bits per heavy atom. The first-order valence-corrected chi connectivity index (χ1v) is 8.13. The van der Waals surface area contributed by atoms with Crippen molar-refractivity contribution in [1.82, 2.24) is 4.90 Å². The summed E-state index contributed by atoms with van der Waals surface area (Å²) in [7, 11) is 0. The summed E-state index contributed by atoms with van der Waals surface area (Å²) in [4.78, 5) is 25.6. The zero-order chi connectivity index (χ0) is 18.8. The number of carbonyl (C=O) groups is 2. The maximum absolute atomic E-state index is 13.0. The van der Waals surface area contributed by atoms with Crippen molar-refractivity contribution in [2.24, 2.45) is 0 Å². The largest absolute Gasteiger partial charge is 0.502 e. The predicted molar refractivity (Wildman–Crippen MR) is 94.1 cm³/mol. The number of hydrogen-bond donors (Lipinski definition) is 1. The summed E-state index contributed by atoms with van der Waals surface area (Å²) in [5.41, 5.74) is 2.26. The van der Waals surface area contributed by atoms with Crippen LogP contribution in [0.3, 0.4) is 0 Å². The first-order chi connectivity index (χ1) is 12.4. The van der Waals surface area contributed by atoms with Crippen molar-refractivity contribution < 1.29 is 23.8 Å². The standard InChI is InChI=1S/C20H18FNO4/c1-12-9-13(2)11-16(10-12)26-8-7-22-19(24)17(18(23)20(22)25)14-3-5-15(21)6-4-14/h3-6,9-11,23H,7-8H2,1-2H3. The fraction of sp³-hybridized carbons (Fsp3) is 0.200. The molecule has 1 aliphatic rings. The van der Waals surface area contributed by atoms with Gasteiger partial charge in [0.1, 0.15) is 18.2 Å². The zero-order valence-electron chi connectivity index (χ0n) is 14.5. The highest BCUT2D eigenvalue weighted by Crippen LogP contribution is 2.28. The van der Waals surface area contributed by atoms with E-state index in [-0.39, 0.29) is 18.7 Å². The van der Waals surface area contributed by atoms with E-state index in [2.05, 4.69) is 0 Å². The fourth-order valence-corrected chi connectivity index (χ4v) is 2.91. The van der Waals surface area contributed by atoms with Gasteiger partial charge in [0.2, 0.25) is 0 Å². The van der Waals surface area contributed by atoms with Crippen molar-refractivity contribution >= 4 is 17.4 Å². The van der Waals surface area contributed by atoms with Crippen LogP contribution in [-0.2, 0) is 9.59 Å². The Morgan fingerprint density at radius 2 is 1.62 bits per heavy atom. The average molecular weight is 355 g/mol. The van der Waals surface area contributed by atoms with Crippen LogP contribution in [0.1, 0.15) is 16.7 Å². The van der Waals surface area contributed by atoms with E-state index < -0.39 is 23.4 Å². The zero-order valence-corrected chi connectivity index (χ0v) is 14.5. The van der Waals surface area contributed by atoms with Gasteiger partial charge in [0.05, 0.1) is 12.1 Å². The number of nitrogens with zero attached hydrogens (tertiary/aromatic N) is 1. The number of aliphatic hydroxyl groups excluding tert-OH is 1. The van der Waals surface area contributed by atoms with Crippen LogP contribution >= 0.6 is 0 Å². The molecule has 1 heterocycles. The van der Waals surface area contributed by atoms with E-state index in [1.54, 1.807) is 0 Å². The van der Waals surface area contributed by atoms with E-state index in [0.717, 1.165) is 16.0 Å². The number of benzene rings is 2. The second kappa shape index (κ2) is 7.00. The van der Waals surface area contributed by atoms with Gasteiger partial charge in [-0.05, 0) is 54.8 Å². The summed E-state index contributed by atoms with van der Waals surface area (Å²) in [6.45, 7) is 4.00. The second-order valence-electron chi connectivity index (χ2n) is 6.16. The number of amides is 2. The molecular weight excluding hydrogens is 337 g/mol. The normalized spacial score (nSPS) is 14.3. The molecule has 2 aromatic carbocycles. The minimum Gasteiger partial charge on any atom is -0.502 e. The number of ether oxygens (including phenoxy) is 1. The van der Waals surface area contributed by atoms with E-state index in [0.29, 0.717) is 11.3 Å². The Kier molecular flexibility index (Phi) is 4.75. The molecule has 26 heavy (non-hydrogen) atoms. The molecule has 0 atom stereocenters. The van der Waals surface area contributed by atoms with E-state index >= 15 is 0 Å². The number of imide groups is 1. The molecule has 0 aliphatic carbocycles. The Labute approximate surface area is 150 Å². The van der Waals surface area contributed by atoms with Gasteiger partial charge >= 0.3 is 0 Å². The van der Waals surface area contributed by atoms with Crippen molar-refractivity contribution in [3.8, 4) is 5.75 Å². The van der Waals surface area contributed by atoms with E-state index in [4.69, 9.17) is 4.74 Å². The van der Waals surface area contributed by atoms with Crippen molar-refractivity contribution in [2.45, 2.75) is 13.8 Å². The van der Waals surface area contributed by atoms with E-state index in [1.807, 2.05) is 32.0 Å². The smallest absolute Gasteiger partial charge is 0.296 e. The summed E-state index contributed by atoms with van der Waals surface area (Å²) in [5, 5.41) is 10.0. The first kappa shape index (κ1) is 17.7. The summed E-state index contributed by atoms with van der Waals surface area (Å²) < 4.78 is 18.7.